The first-order chi connectivity index (χ1) is 21.2. The predicted octanol–water partition coefficient (Wildman–Crippen LogP) is 3.18. The van der Waals surface area contributed by atoms with Crippen LogP contribution in [0.1, 0.15) is 40.7 Å². The number of carbonyl (C=O) groups excluding carboxylic acids is 2. The smallest absolute Gasteiger partial charge is 0.253 e. The Balaban J connectivity index is 1.25. The number of ketones is 1. The molecule has 10 nitrogen and oxygen atoms in total. The van der Waals surface area contributed by atoms with Gasteiger partial charge >= 0.3 is 0 Å². The van der Waals surface area contributed by atoms with E-state index < -0.39 is 64.0 Å². The second-order valence-corrected chi connectivity index (χ2v) is 13.2. The summed E-state index contributed by atoms with van der Waals surface area (Å²) in [5, 5.41) is 45.1. The number of rotatable bonds is 5. The van der Waals surface area contributed by atoms with E-state index in [0.29, 0.717) is 25.2 Å². The Hall–Kier alpha value is -3.84. The van der Waals surface area contributed by atoms with Crippen LogP contribution in [-0.4, -0.2) is 92.5 Å². The number of aliphatic hydroxyl groups excluding tert-OH is 2. The molecule has 5 aliphatic rings. The summed E-state index contributed by atoms with van der Waals surface area (Å²) in [7, 11) is 3.36. The lowest BCUT2D eigenvalue weighted by Crippen LogP contribution is -2.57. The number of alkyl halides is 2. The van der Waals surface area contributed by atoms with Crippen LogP contribution in [-0.2, 0) is 22.5 Å². The van der Waals surface area contributed by atoms with Crippen molar-refractivity contribution in [1.29, 1.82) is 0 Å². The molecule has 45 heavy (non-hydrogen) atoms. The third-order valence-corrected chi connectivity index (χ3v) is 10.4. The van der Waals surface area contributed by atoms with Gasteiger partial charge in [0, 0.05) is 44.0 Å². The van der Waals surface area contributed by atoms with Crippen LogP contribution < -0.4 is 5.73 Å². The van der Waals surface area contributed by atoms with Crippen molar-refractivity contribution in [3.05, 3.63) is 75.8 Å². The standard InChI is InChI=1S/C33H35F2N3O7/c1-37(2)26-21-14-18-13-20-19(17-5-3-16(4-6-17)15-38-11-9-31(34,35)10-12-38)7-8-22(39)24(20)27(40)23(18)29(42)32(21)33(44,45-32)25(28(26)41)30(36)43/h3-8,18,21,26,39,41-42,44H,9-15H2,1-2H3,(H2,36,43)/t18-,21-,26-,32-,33?/m0/s1. The molecule has 2 heterocycles. The third kappa shape index (κ3) is 4.19. The van der Waals surface area contributed by atoms with Crippen molar-refractivity contribution in [2.45, 2.75) is 55.6 Å². The minimum atomic E-state index is -2.61. The average Bonchev–Trinajstić information content (AvgIpc) is 3.60. The largest absolute Gasteiger partial charge is 0.510 e. The normalized spacial score (nSPS) is 32.1. The lowest BCUT2D eigenvalue weighted by molar-refractivity contribution is -0.117. The molecule has 0 aromatic heterocycles. The highest BCUT2D eigenvalue weighted by molar-refractivity contribution is 6.14. The average molecular weight is 624 g/mol. The van der Waals surface area contributed by atoms with Crippen LogP contribution in [0.4, 0.5) is 8.78 Å². The molecule has 1 spiro atoms. The number of amides is 1. The predicted molar refractivity (Wildman–Crippen MR) is 157 cm³/mol. The van der Waals surface area contributed by atoms with Gasteiger partial charge < -0.3 is 30.9 Å². The van der Waals surface area contributed by atoms with Crippen LogP contribution in [0.2, 0.25) is 0 Å². The summed E-state index contributed by atoms with van der Waals surface area (Å²) in [5.41, 5.74) is 6.23. The number of aromatic hydroxyl groups is 1. The van der Waals surface area contributed by atoms with Crippen LogP contribution in [0.25, 0.3) is 11.1 Å². The molecule has 1 amide bonds. The molecule has 0 radical (unpaired) electrons. The Morgan fingerprint density at radius 2 is 1.76 bits per heavy atom. The molecule has 2 aromatic rings. The topological polar surface area (TPSA) is 160 Å². The number of fused-ring (bicyclic) bond motifs is 2. The quantitative estimate of drug-likeness (QED) is 0.315. The van der Waals surface area contributed by atoms with Gasteiger partial charge in [-0.1, -0.05) is 30.3 Å². The number of nitrogens with two attached hydrogens (primary N) is 1. The summed E-state index contributed by atoms with van der Waals surface area (Å²) < 4.78 is 32.9. The zero-order valence-electron chi connectivity index (χ0n) is 24.9. The van der Waals surface area contributed by atoms with E-state index in [4.69, 9.17) is 10.5 Å². The number of benzene rings is 2. The Morgan fingerprint density at radius 1 is 1.09 bits per heavy atom. The molecule has 238 valence electrons. The van der Waals surface area contributed by atoms with E-state index in [-0.39, 0.29) is 42.6 Å². The van der Waals surface area contributed by atoms with Crippen LogP contribution >= 0.6 is 0 Å². The number of piperidine rings is 1. The fraction of sp³-hybridized carbons (Fsp3) is 0.455. The summed E-state index contributed by atoms with van der Waals surface area (Å²) in [5.74, 6) is -9.23. The maximum Gasteiger partial charge on any atom is 0.253 e. The molecule has 3 aliphatic carbocycles. The zero-order valence-corrected chi connectivity index (χ0v) is 24.9. The molecule has 2 saturated heterocycles. The lowest BCUT2D eigenvalue weighted by atomic mass is 9.60. The highest BCUT2D eigenvalue weighted by Crippen LogP contribution is 2.68. The fourth-order valence-corrected chi connectivity index (χ4v) is 8.22. The number of phenols is 1. The van der Waals surface area contributed by atoms with E-state index in [1.54, 1.807) is 25.1 Å². The van der Waals surface area contributed by atoms with Crippen LogP contribution in [0.5, 0.6) is 5.75 Å². The minimum absolute atomic E-state index is 0.00713. The monoisotopic (exact) mass is 623 g/mol. The molecular formula is C33H35F2N3O7. The van der Waals surface area contributed by atoms with Crippen molar-refractivity contribution in [3.63, 3.8) is 0 Å². The van der Waals surface area contributed by atoms with E-state index in [0.717, 1.165) is 16.7 Å². The van der Waals surface area contributed by atoms with Gasteiger partial charge in [-0.3, -0.25) is 19.4 Å². The van der Waals surface area contributed by atoms with Gasteiger partial charge in [0.1, 0.15) is 22.8 Å². The number of likely N-dealkylation sites (N-methyl/N-ethyl adjacent to an activating group) is 1. The zero-order chi connectivity index (χ0) is 32.2. The molecule has 2 aliphatic heterocycles. The number of nitrogens with zero attached hydrogens (tertiary/aromatic N) is 2. The van der Waals surface area contributed by atoms with Gasteiger partial charge in [0.05, 0.1) is 11.6 Å². The Bertz CT molecular complexity index is 1690. The first-order valence-corrected chi connectivity index (χ1v) is 15.0. The summed E-state index contributed by atoms with van der Waals surface area (Å²) in [6, 6.07) is 9.97. The molecule has 0 saturated carbocycles. The summed E-state index contributed by atoms with van der Waals surface area (Å²) >= 11 is 0. The van der Waals surface area contributed by atoms with Crippen LogP contribution in [0.3, 0.4) is 0 Å². The van der Waals surface area contributed by atoms with Crippen LogP contribution in [0.15, 0.2) is 59.1 Å². The van der Waals surface area contributed by atoms with Gasteiger partial charge in [-0.15, -0.1) is 0 Å². The number of primary amides is 1. The van der Waals surface area contributed by atoms with Gasteiger partial charge in [0.25, 0.3) is 11.8 Å². The van der Waals surface area contributed by atoms with E-state index in [1.165, 1.54) is 6.07 Å². The maximum atomic E-state index is 14.1. The number of epoxide rings is 1. The number of phenolic OH excluding ortho intramolecular Hbond substituents is 1. The number of carbonyl (C=O) groups is 2. The number of allylic oxidation sites excluding steroid dienone is 1. The number of hydrogen-bond acceptors (Lipinski definition) is 9. The van der Waals surface area contributed by atoms with E-state index in [2.05, 4.69) is 0 Å². The molecule has 6 N–H and O–H groups in total. The molecule has 2 fully saturated rings. The van der Waals surface area contributed by atoms with Crippen molar-refractivity contribution >= 4 is 11.7 Å². The minimum Gasteiger partial charge on any atom is -0.510 e. The summed E-state index contributed by atoms with van der Waals surface area (Å²) in [6.07, 6.45) is 0.175. The number of halogens is 2. The molecular weight excluding hydrogens is 588 g/mol. The van der Waals surface area contributed by atoms with Gasteiger partial charge in [-0.2, -0.15) is 0 Å². The van der Waals surface area contributed by atoms with Gasteiger partial charge in [-0.05, 0) is 61.2 Å². The summed E-state index contributed by atoms with van der Waals surface area (Å²) in [4.78, 5) is 30.1. The fourth-order valence-electron chi connectivity index (χ4n) is 8.22. The molecule has 12 heteroatoms. The number of likely N-dealkylation sites (tertiary alicyclic amines) is 1. The molecule has 2 aromatic carbocycles. The second kappa shape index (κ2) is 9.83. The van der Waals surface area contributed by atoms with E-state index >= 15 is 0 Å². The highest BCUT2D eigenvalue weighted by atomic mass is 19.3. The first kappa shape index (κ1) is 29.8. The molecule has 7 rings (SSSR count). The van der Waals surface area contributed by atoms with Crippen molar-refractivity contribution in [1.82, 2.24) is 9.80 Å². The number of hydrogen-bond donors (Lipinski definition) is 5. The Morgan fingerprint density at radius 3 is 2.38 bits per heavy atom. The van der Waals surface area contributed by atoms with Gasteiger partial charge in [0.2, 0.25) is 5.79 Å². The Kier molecular flexibility index (Phi) is 6.52. The van der Waals surface area contributed by atoms with Crippen molar-refractivity contribution < 1.29 is 43.5 Å². The van der Waals surface area contributed by atoms with Gasteiger partial charge in [-0.25, -0.2) is 8.78 Å². The van der Waals surface area contributed by atoms with Crippen molar-refractivity contribution in [2.75, 3.05) is 27.2 Å². The third-order valence-electron chi connectivity index (χ3n) is 10.4. The maximum absolute atomic E-state index is 14.1. The molecule has 0 bridgehead atoms. The van der Waals surface area contributed by atoms with Crippen LogP contribution in [0, 0.1) is 11.8 Å². The molecule has 1 unspecified atom stereocenters. The lowest BCUT2D eigenvalue weighted by Gasteiger charge is -2.46. The number of Topliss-reactive ketones (excluding diaryl/α,β-unsaturated/α-hetero) is 1. The highest BCUT2D eigenvalue weighted by Gasteiger charge is 2.84. The van der Waals surface area contributed by atoms with Gasteiger partial charge in [0.15, 0.2) is 11.4 Å². The van der Waals surface area contributed by atoms with Crippen molar-refractivity contribution in [3.8, 4) is 16.9 Å². The first-order valence-electron chi connectivity index (χ1n) is 15.0. The Labute approximate surface area is 258 Å². The van der Waals surface area contributed by atoms with Crippen molar-refractivity contribution in [2.24, 2.45) is 17.6 Å². The molecule has 5 atom stereocenters. The number of aliphatic hydroxyl groups is 3. The summed E-state index contributed by atoms with van der Waals surface area (Å²) in [6.45, 7) is 1.19. The SMILES string of the molecule is CN(C)[C@@H]1C(O)=C(C(N)=O)C2(O)O[C@@]23C(O)=C2C(=O)c4c(O)ccc(-c5ccc(CN6CCC(F)(F)CC6)cc5)c4C[C@H]2C[C@@H]13. The van der Waals surface area contributed by atoms with E-state index in [9.17, 15) is 38.8 Å². The van der Waals surface area contributed by atoms with E-state index in [1.807, 2.05) is 29.2 Å². The second-order valence-electron chi connectivity index (χ2n) is 13.2. The number of ether oxygens (including phenoxy) is 1.